The smallest absolute Gasteiger partial charge is 0.212 e. The number of allylic oxidation sites excluding steroid dienone is 2. The molecule has 0 aliphatic heterocycles. The van der Waals surface area contributed by atoms with Gasteiger partial charge in [-0.3, -0.25) is 0 Å². The number of benzene rings is 2. The molecule has 3 aromatic rings. The third-order valence-electron chi connectivity index (χ3n) is 4.37. The van der Waals surface area contributed by atoms with Crippen LogP contribution in [0.25, 0.3) is 23.1 Å². The Balaban J connectivity index is 0.00000243. The Morgan fingerprint density at radius 2 is 1.54 bits per heavy atom. The van der Waals surface area contributed by atoms with Gasteiger partial charge in [-0.15, -0.1) is 0 Å². The third kappa shape index (κ3) is 4.73. The van der Waals surface area contributed by atoms with Crippen molar-refractivity contribution >= 4 is 28.7 Å². The number of hydrogen-bond acceptors (Lipinski definition) is 1. The number of anilines is 1. The van der Waals surface area contributed by atoms with Gasteiger partial charge >= 0.3 is 0 Å². The average Bonchev–Trinajstić information content (AvgIpc) is 2.65. The van der Waals surface area contributed by atoms with E-state index in [4.69, 9.17) is 0 Å². The van der Waals surface area contributed by atoms with Crippen LogP contribution in [0.5, 0.6) is 0 Å². The topological polar surface area (TPSA) is 7.12 Å². The number of aryl methyl sites for hydroxylation is 1. The van der Waals surface area contributed by atoms with Crippen molar-refractivity contribution < 1.29 is 28.5 Å². The first-order valence-electron chi connectivity index (χ1n) is 8.73. The van der Waals surface area contributed by atoms with Crippen LogP contribution >= 0.6 is 0 Å². The molecule has 0 N–H and O–H groups in total. The van der Waals surface area contributed by atoms with Gasteiger partial charge in [-0.25, -0.2) is 0 Å². The zero-order chi connectivity index (χ0) is 17.6. The van der Waals surface area contributed by atoms with Crippen molar-refractivity contribution in [2.24, 2.45) is 0 Å². The molecular formula is C23H25IN2. The van der Waals surface area contributed by atoms with E-state index >= 15 is 0 Å². The van der Waals surface area contributed by atoms with Crippen molar-refractivity contribution in [2.75, 3.05) is 19.0 Å². The summed E-state index contributed by atoms with van der Waals surface area (Å²) in [7, 11) is 4.11. The van der Waals surface area contributed by atoms with Gasteiger partial charge in [-0.2, -0.15) is 4.57 Å². The highest BCUT2D eigenvalue weighted by molar-refractivity contribution is 5.76. The van der Waals surface area contributed by atoms with Crippen LogP contribution in [0.4, 0.5) is 5.69 Å². The highest BCUT2D eigenvalue weighted by atomic mass is 127. The summed E-state index contributed by atoms with van der Waals surface area (Å²) < 4.78 is 2.34. The Bertz CT molecular complexity index is 909. The summed E-state index contributed by atoms with van der Waals surface area (Å²) in [6.07, 6.45) is 8.50. The van der Waals surface area contributed by atoms with Crippen LogP contribution < -0.4 is 33.4 Å². The van der Waals surface area contributed by atoms with Gasteiger partial charge in [0, 0.05) is 43.4 Å². The molecular weight excluding hydrogens is 431 g/mol. The summed E-state index contributed by atoms with van der Waals surface area (Å²) in [5, 5.41) is 1.28. The maximum Gasteiger partial charge on any atom is 0.212 e. The van der Waals surface area contributed by atoms with Crippen molar-refractivity contribution in [3.05, 3.63) is 84.1 Å². The van der Waals surface area contributed by atoms with Crippen molar-refractivity contribution in [3.63, 3.8) is 0 Å². The second kappa shape index (κ2) is 9.53. The van der Waals surface area contributed by atoms with Crippen molar-refractivity contribution in [1.29, 1.82) is 0 Å². The van der Waals surface area contributed by atoms with Gasteiger partial charge in [0.05, 0.1) is 0 Å². The van der Waals surface area contributed by atoms with E-state index in [1.54, 1.807) is 0 Å². The molecule has 0 fully saturated rings. The first-order chi connectivity index (χ1) is 12.2. The Morgan fingerprint density at radius 3 is 2.23 bits per heavy atom. The highest BCUT2D eigenvalue weighted by Crippen LogP contribution is 2.14. The number of rotatable bonds is 5. The van der Waals surface area contributed by atoms with E-state index in [1.807, 2.05) is 0 Å². The molecule has 0 saturated heterocycles. The third-order valence-corrected chi connectivity index (χ3v) is 4.37. The van der Waals surface area contributed by atoms with E-state index < -0.39 is 0 Å². The van der Waals surface area contributed by atoms with E-state index in [9.17, 15) is 0 Å². The molecule has 134 valence electrons. The second-order valence-corrected chi connectivity index (χ2v) is 6.27. The van der Waals surface area contributed by atoms with Crippen LogP contribution in [0.3, 0.4) is 0 Å². The lowest BCUT2D eigenvalue weighted by atomic mass is 10.1. The van der Waals surface area contributed by atoms with Crippen molar-refractivity contribution in [2.45, 2.75) is 13.5 Å². The minimum atomic E-state index is 0. The van der Waals surface area contributed by atoms with E-state index in [2.05, 4.69) is 115 Å². The molecule has 1 heterocycles. The molecule has 3 rings (SSSR count). The molecule has 0 saturated carbocycles. The van der Waals surface area contributed by atoms with Crippen LogP contribution in [0, 0.1) is 0 Å². The monoisotopic (exact) mass is 456 g/mol. The molecule has 0 atom stereocenters. The standard InChI is InChI=1S/C23H25N2.HI/c1-4-25-22(18-15-20-10-6-8-12-23(20)25)11-7-5-9-19-13-16-21(17-14-19)24(2)3;/h5-18H,4H2,1-3H3;1H/q+1;/p-1. The largest absolute Gasteiger partial charge is 1.00 e. The lowest BCUT2D eigenvalue weighted by Crippen LogP contribution is -3.00. The van der Waals surface area contributed by atoms with Crippen molar-refractivity contribution in [3.8, 4) is 0 Å². The lowest BCUT2D eigenvalue weighted by molar-refractivity contribution is -0.669. The van der Waals surface area contributed by atoms with E-state index in [-0.39, 0.29) is 24.0 Å². The number of nitrogens with zero attached hydrogens (tertiary/aromatic N) is 2. The molecule has 3 heteroatoms. The average molecular weight is 456 g/mol. The Kier molecular flexibility index (Phi) is 7.39. The fraction of sp³-hybridized carbons (Fsp3) is 0.174. The summed E-state index contributed by atoms with van der Waals surface area (Å²) >= 11 is 0. The number of pyridine rings is 1. The normalized spacial score (nSPS) is 11.2. The molecule has 1 aromatic heterocycles. The van der Waals surface area contributed by atoms with Gasteiger partial charge in [0.2, 0.25) is 11.2 Å². The summed E-state index contributed by atoms with van der Waals surface area (Å²) in [6, 6.07) is 21.4. The Morgan fingerprint density at radius 1 is 0.846 bits per heavy atom. The molecule has 2 aromatic carbocycles. The van der Waals surface area contributed by atoms with E-state index in [0.29, 0.717) is 0 Å². The predicted octanol–water partition coefficient (Wildman–Crippen LogP) is 1.94. The molecule has 0 amide bonds. The van der Waals surface area contributed by atoms with Gasteiger partial charge in [-0.1, -0.05) is 42.5 Å². The molecule has 0 spiro atoms. The Hall–Kier alpha value is -2.14. The van der Waals surface area contributed by atoms with E-state index in [0.717, 1.165) is 6.54 Å². The molecule has 0 bridgehead atoms. The summed E-state index contributed by atoms with van der Waals surface area (Å²) in [6.45, 7) is 3.14. The maximum absolute atomic E-state index is 2.34. The quantitative estimate of drug-likeness (QED) is 0.324. The predicted molar refractivity (Wildman–Crippen MR) is 109 cm³/mol. The van der Waals surface area contributed by atoms with E-state index in [1.165, 1.54) is 27.8 Å². The van der Waals surface area contributed by atoms with Crippen LogP contribution in [-0.4, -0.2) is 14.1 Å². The van der Waals surface area contributed by atoms with Crippen LogP contribution in [0.2, 0.25) is 0 Å². The SMILES string of the molecule is CC[n+]1c(C=CC=Cc2ccc(N(C)C)cc2)ccc2ccccc21.[I-]. The fourth-order valence-corrected chi connectivity index (χ4v) is 2.98. The molecule has 2 nitrogen and oxygen atoms in total. The van der Waals surface area contributed by atoms with Gasteiger partial charge in [0.1, 0.15) is 6.54 Å². The highest BCUT2D eigenvalue weighted by Gasteiger charge is 2.10. The Labute approximate surface area is 173 Å². The molecule has 0 unspecified atom stereocenters. The zero-order valence-corrected chi connectivity index (χ0v) is 17.7. The fourth-order valence-electron chi connectivity index (χ4n) is 2.98. The first kappa shape index (κ1) is 20.2. The zero-order valence-electron chi connectivity index (χ0n) is 15.6. The number of aromatic nitrogens is 1. The molecule has 26 heavy (non-hydrogen) atoms. The van der Waals surface area contributed by atoms with Crippen LogP contribution in [0.1, 0.15) is 18.2 Å². The van der Waals surface area contributed by atoms with Crippen LogP contribution in [-0.2, 0) is 6.54 Å². The first-order valence-corrected chi connectivity index (χ1v) is 8.73. The minimum Gasteiger partial charge on any atom is -1.00 e. The number of para-hydroxylation sites is 1. The maximum atomic E-state index is 2.34. The molecule has 0 aliphatic rings. The summed E-state index contributed by atoms with van der Waals surface area (Å²) in [5.41, 5.74) is 4.91. The van der Waals surface area contributed by atoms with Gasteiger partial charge in [-0.05, 0) is 36.8 Å². The lowest BCUT2D eigenvalue weighted by Gasteiger charge is -2.11. The molecule has 0 radical (unpaired) electrons. The summed E-state index contributed by atoms with van der Waals surface area (Å²) in [5.74, 6) is 0. The van der Waals surface area contributed by atoms with Crippen molar-refractivity contribution in [1.82, 2.24) is 0 Å². The summed E-state index contributed by atoms with van der Waals surface area (Å²) in [4.78, 5) is 2.11. The van der Waals surface area contributed by atoms with Gasteiger partial charge < -0.3 is 28.9 Å². The molecule has 0 aliphatic carbocycles. The van der Waals surface area contributed by atoms with Gasteiger partial charge in [0.25, 0.3) is 0 Å². The van der Waals surface area contributed by atoms with Crippen LogP contribution in [0.15, 0.2) is 72.8 Å². The number of fused-ring (bicyclic) bond motifs is 1. The number of halogens is 1. The van der Waals surface area contributed by atoms with Gasteiger partial charge in [0.15, 0.2) is 0 Å². The second-order valence-electron chi connectivity index (χ2n) is 6.27. The minimum absolute atomic E-state index is 0. The number of hydrogen-bond donors (Lipinski definition) is 0.